The summed E-state index contributed by atoms with van der Waals surface area (Å²) in [7, 11) is 3.21. The highest BCUT2D eigenvalue weighted by molar-refractivity contribution is 6.03. The molecule has 1 aliphatic heterocycles. The van der Waals surface area contributed by atoms with Crippen molar-refractivity contribution in [2.75, 3.05) is 33.9 Å². The van der Waals surface area contributed by atoms with Crippen LogP contribution in [0.3, 0.4) is 0 Å². The Hall–Kier alpha value is -3.13. The molecular formula is C24H29N3O5. The molecule has 1 aromatic carbocycles. The number of methoxy groups -OCH3 is 2. The molecule has 1 fully saturated rings. The Bertz CT molecular complexity index is 951. The third-order valence-electron chi connectivity index (χ3n) is 6.12. The molecule has 8 heteroatoms. The zero-order chi connectivity index (χ0) is 22.5. The Labute approximate surface area is 187 Å². The van der Waals surface area contributed by atoms with Gasteiger partial charge in [0.1, 0.15) is 24.1 Å². The number of nitrogens with zero attached hydrogens (tertiary/aromatic N) is 3. The number of hydrazone groups is 1. The summed E-state index contributed by atoms with van der Waals surface area (Å²) in [5, 5.41) is 6.12. The standard InChI is InChI=1S/C24H29N3O5/c1-30-14-12-26(24(29)18-5-3-6-18)16-23(28)27-21(22-7-4-13-32-22)15-20(25-27)17-8-10-19(31-2)11-9-17/h4,7-11,13,18,21H,3,5-6,12,14-16H2,1-2H3/t21-/m1/s1. The van der Waals surface area contributed by atoms with Crippen molar-refractivity contribution in [2.24, 2.45) is 11.0 Å². The molecule has 2 heterocycles. The van der Waals surface area contributed by atoms with Crippen molar-refractivity contribution in [2.45, 2.75) is 31.7 Å². The topological polar surface area (TPSA) is 84.6 Å². The Morgan fingerprint density at radius 1 is 1.19 bits per heavy atom. The lowest BCUT2D eigenvalue weighted by molar-refractivity contribution is -0.146. The summed E-state index contributed by atoms with van der Waals surface area (Å²) in [6, 6.07) is 10.9. The van der Waals surface area contributed by atoms with Gasteiger partial charge in [0.25, 0.3) is 5.91 Å². The Kier molecular flexibility index (Phi) is 6.90. The van der Waals surface area contributed by atoms with Crippen LogP contribution in [0.1, 0.15) is 43.0 Å². The minimum absolute atomic E-state index is 0.0115. The summed E-state index contributed by atoms with van der Waals surface area (Å²) in [6.07, 6.45) is 4.95. The lowest BCUT2D eigenvalue weighted by Gasteiger charge is -2.32. The fraction of sp³-hybridized carbons (Fsp3) is 0.458. The highest BCUT2D eigenvalue weighted by atomic mass is 16.5. The molecule has 0 spiro atoms. The smallest absolute Gasteiger partial charge is 0.262 e. The van der Waals surface area contributed by atoms with Crippen LogP contribution in [-0.2, 0) is 14.3 Å². The Balaban J connectivity index is 1.55. The van der Waals surface area contributed by atoms with E-state index in [1.54, 1.807) is 31.4 Å². The van der Waals surface area contributed by atoms with Gasteiger partial charge in [-0.2, -0.15) is 5.10 Å². The third-order valence-corrected chi connectivity index (χ3v) is 6.12. The van der Waals surface area contributed by atoms with Crippen LogP contribution >= 0.6 is 0 Å². The average molecular weight is 440 g/mol. The van der Waals surface area contributed by atoms with E-state index >= 15 is 0 Å². The van der Waals surface area contributed by atoms with Crippen molar-refractivity contribution in [1.29, 1.82) is 0 Å². The number of hydrogen-bond donors (Lipinski definition) is 0. The molecule has 4 rings (SSSR count). The van der Waals surface area contributed by atoms with Gasteiger partial charge in [-0.05, 0) is 54.8 Å². The Morgan fingerprint density at radius 2 is 1.97 bits per heavy atom. The van der Waals surface area contributed by atoms with Crippen LogP contribution < -0.4 is 4.74 Å². The van der Waals surface area contributed by atoms with E-state index in [0.29, 0.717) is 25.3 Å². The molecule has 32 heavy (non-hydrogen) atoms. The maximum atomic E-state index is 13.4. The molecule has 0 unspecified atom stereocenters. The summed E-state index contributed by atoms with van der Waals surface area (Å²) in [4.78, 5) is 27.8. The molecule has 0 saturated heterocycles. The number of rotatable bonds is 9. The van der Waals surface area contributed by atoms with Gasteiger partial charge in [0.15, 0.2) is 0 Å². The van der Waals surface area contributed by atoms with E-state index in [1.807, 2.05) is 30.3 Å². The van der Waals surface area contributed by atoms with E-state index in [4.69, 9.17) is 13.9 Å². The maximum Gasteiger partial charge on any atom is 0.262 e. The number of amides is 2. The van der Waals surface area contributed by atoms with Gasteiger partial charge in [0.2, 0.25) is 5.91 Å². The second kappa shape index (κ2) is 9.99. The van der Waals surface area contributed by atoms with Crippen LogP contribution in [-0.4, -0.2) is 61.4 Å². The molecule has 1 saturated carbocycles. The van der Waals surface area contributed by atoms with Crippen molar-refractivity contribution in [3.8, 4) is 5.75 Å². The second-order valence-electron chi connectivity index (χ2n) is 8.13. The monoisotopic (exact) mass is 439 g/mol. The van der Waals surface area contributed by atoms with Crippen LogP contribution in [0, 0.1) is 5.92 Å². The normalized spacial score (nSPS) is 18.2. The molecule has 8 nitrogen and oxygen atoms in total. The van der Waals surface area contributed by atoms with E-state index < -0.39 is 0 Å². The first-order valence-electron chi connectivity index (χ1n) is 11.0. The molecule has 170 valence electrons. The number of ether oxygens (including phenoxy) is 2. The molecule has 0 bridgehead atoms. The minimum atomic E-state index is -0.349. The largest absolute Gasteiger partial charge is 0.497 e. The minimum Gasteiger partial charge on any atom is -0.497 e. The molecule has 2 aliphatic rings. The van der Waals surface area contributed by atoms with Crippen molar-refractivity contribution in [1.82, 2.24) is 9.91 Å². The molecule has 1 atom stereocenters. The summed E-state index contributed by atoms with van der Waals surface area (Å²) in [5.41, 5.74) is 1.70. The van der Waals surface area contributed by atoms with E-state index in [0.717, 1.165) is 36.3 Å². The molecule has 2 amide bonds. The third kappa shape index (κ3) is 4.70. The molecule has 0 radical (unpaired) electrons. The fourth-order valence-electron chi connectivity index (χ4n) is 4.02. The van der Waals surface area contributed by atoms with E-state index in [-0.39, 0.29) is 30.3 Å². The number of carbonyl (C=O) groups excluding carboxylic acids is 2. The van der Waals surface area contributed by atoms with E-state index in [2.05, 4.69) is 5.10 Å². The van der Waals surface area contributed by atoms with Gasteiger partial charge < -0.3 is 18.8 Å². The summed E-state index contributed by atoms with van der Waals surface area (Å²) in [6.45, 7) is 0.731. The predicted octanol–water partition coefficient (Wildman–Crippen LogP) is 3.24. The van der Waals surface area contributed by atoms with Crippen LogP contribution in [0.15, 0.2) is 52.2 Å². The van der Waals surface area contributed by atoms with Crippen molar-refractivity contribution < 1.29 is 23.5 Å². The summed E-state index contributed by atoms with van der Waals surface area (Å²) < 4.78 is 16.0. The number of furan rings is 1. The van der Waals surface area contributed by atoms with Crippen LogP contribution in [0.2, 0.25) is 0 Å². The van der Waals surface area contributed by atoms with Crippen LogP contribution in [0.5, 0.6) is 5.75 Å². The zero-order valence-corrected chi connectivity index (χ0v) is 18.5. The van der Waals surface area contributed by atoms with Crippen molar-refractivity contribution in [3.05, 3.63) is 54.0 Å². The van der Waals surface area contributed by atoms with E-state index in [9.17, 15) is 9.59 Å². The second-order valence-corrected chi connectivity index (χ2v) is 8.13. The first-order chi connectivity index (χ1) is 15.6. The van der Waals surface area contributed by atoms with Gasteiger partial charge >= 0.3 is 0 Å². The quantitative estimate of drug-likeness (QED) is 0.599. The van der Waals surface area contributed by atoms with Crippen molar-refractivity contribution in [3.63, 3.8) is 0 Å². The highest BCUT2D eigenvalue weighted by Crippen LogP contribution is 2.34. The van der Waals surface area contributed by atoms with Gasteiger partial charge in [-0.15, -0.1) is 0 Å². The maximum absolute atomic E-state index is 13.4. The van der Waals surface area contributed by atoms with Crippen LogP contribution in [0.25, 0.3) is 0 Å². The molecule has 1 aromatic heterocycles. The van der Waals surface area contributed by atoms with Crippen LogP contribution in [0.4, 0.5) is 0 Å². The predicted molar refractivity (Wildman–Crippen MR) is 118 cm³/mol. The molecule has 1 aliphatic carbocycles. The SMILES string of the molecule is COCCN(CC(=O)N1N=C(c2ccc(OC)cc2)C[C@@H]1c1ccco1)C(=O)C1CCC1. The van der Waals surface area contributed by atoms with Gasteiger partial charge in [0, 0.05) is 26.0 Å². The first kappa shape index (κ1) is 22.1. The molecule has 2 aromatic rings. The highest BCUT2D eigenvalue weighted by Gasteiger charge is 2.37. The lowest BCUT2D eigenvalue weighted by Crippen LogP contribution is -2.46. The zero-order valence-electron chi connectivity index (χ0n) is 18.5. The summed E-state index contributed by atoms with van der Waals surface area (Å²) in [5.74, 6) is 1.22. The molecular weight excluding hydrogens is 410 g/mol. The number of benzene rings is 1. The molecule has 0 N–H and O–H groups in total. The Morgan fingerprint density at radius 3 is 2.56 bits per heavy atom. The summed E-state index contributed by atoms with van der Waals surface area (Å²) >= 11 is 0. The van der Waals surface area contributed by atoms with Gasteiger partial charge in [0.05, 0.1) is 25.7 Å². The van der Waals surface area contributed by atoms with Gasteiger partial charge in [-0.25, -0.2) is 5.01 Å². The average Bonchev–Trinajstić information content (AvgIpc) is 3.45. The number of carbonyl (C=O) groups is 2. The van der Waals surface area contributed by atoms with Gasteiger partial charge in [-0.1, -0.05) is 6.42 Å². The van der Waals surface area contributed by atoms with Crippen molar-refractivity contribution >= 4 is 17.5 Å². The van der Waals surface area contributed by atoms with Gasteiger partial charge in [-0.3, -0.25) is 9.59 Å². The fourth-order valence-corrected chi connectivity index (χ4v) is 4.02. The van der Waals surface area contributed by atoms with E-state index in [1.165, 1.54) is 5.01 Å². The number of hydrogen-bond acceptors (Lipinski definition) is 6. The first-order valence-corrected chi connectivity index (χ1v) is 11.0. The lowest BCUT2D eigenvalue weighted by atomic mass is 9.84.